The molecule has 0 spiro atoms. The zero-order valence-corrected chi connectivity index (χ0v) is 13.0. The summed E-state index contributed by atoms with van der Waals surface area (Å²) in [7, 11) is 0. The SMILES string of the molecule is Cc1cc(C(Cc2ccc(Cl)cc2)NN)ccc1Br. The van der Waals surface area contributed by atoms with E-state index in [1.54, 1.807) is 0 Å². The number of hydrogen-bond donors (Lipinski definition) is 2. The van der Waals surface area contributed by atoms with Crippen LogP contribution in [0.5, 0.6) is 0 Å². The molecule has 0 amide bonds. The number of benzene rings is 2. The molecule has 2 nitrogen and oxygen atoms in total. The molecular formula is C15H16BrClN2. The first kappa shape index (κ1) is 14.5. The zero-order valence-electron chi connectivity index (χ0n) is 10.7. The van der Waals surface area contributed by atoms with Crippen LogP contribution in [-0.4, -0.2) is 0 Å². The Morgan fingerprint density at radius 3 is 2.47 bits per heavy atom. The number of hydrogen-bond acceptors (Lipinski definition) is 2. The molecule has 0 bridgehead atoms. The number of halogens is 2. The molecule has 3 N–H and O–H groups in total. The van der Waals surface area contributed by atoms with Crippen LogP contribution in [0, 0.1) is 6.92 Å². The average molecular weight is 340 g/mol. The maximum atomic E-state index is 5.89. The van der Waals surface area contributed by atoms with Crippen molar-refractivity contribution in [2.75, 3.05) is 0 Å². The summed E-state index contributed by atoms with van der Waals surface area (Å²) < 4.78 is 1.11. The minimum absolute atomic E-state index is 0.0907. The number of rotatable bonds is 4. The van der Waals surface area contributed by atoms with Gasteiger partial charge >= 0.3 is 0 Å². The van der Waals surface area contributed by atoms with Gasteiger partial charge in [0.05, 0.1) is 0 Å². The molecule has 0 heterocycles. The summed E-state index contributed by atoms with van der Waals surface area (Å²) in [5.41, 5.74) is 6.46. The maximum Gasteiger partial charge on any atom is 0.0500 e. The topological polar surface area (TPSA) is 38.0 Å². The van der Waals surface area contributed by atoms with E-state index in [9.17, 15) is 0 Å². The van der Waals surface area contributed by atoms with Crippen LogP contribution in [0.3, 0.4) is 0 Å². The first-order chi connectivity index (χ1) is 9.10. The molecule has 1 unspecified atom stereocenters. The molecule has 2 rings (SSSR count). The van der Waals surface area contributed by atoms with Crippen molar-refractivity contribution in [3.8, 4) is 0 Å². The van der Waals surface area contributed by atoms with Crippen molar-refractivity contribution in [1.29, 1.82) is 0 Å². The number of hydrazine groups is 1. The summed E-state index contributed by atoms with van der Waals surface area (Å²) in [5, 5.41) is 0.750. The molecule has 2 aromatic rings. The van der Waals surface area contributed by atoms with Crippen LogP contribution in [0.15, 0.2) is 46.9 Å². The van der Waals surface area contributed by atoms with E-state index in [1.165, 1.54) is 16.7 Å². The molecular weight excluding hydrogens is 324 g/mol. The van der Waals surface area contributed by atoms with Crippen LogP contribution in [0.4, 0.5) is 0 Å². The monoisotopic (exact) mass is 338 g/mol. The van der Waals surface area contributed by atoms with Gasteiger partial charge in [0.15, 0.2) is 0 Å². The Bertz CT molecular complexity index is 555. The van der Waals surface area contributed by atoms with Gasteiger partial charge in [-0.15, -0.1) is 0 Å². The fourth-order valence-corrected chi connectivity index (χ4v) is 2.39. The highest BCUT2D eigenvalue weighted by atomic mass is 79.9. The Hall–Kier alpha value is -0.870. The second kappa shape index (κ2) is 6.53. The minimum atomic E-state index is 0.0907. The highest BCUT2D eigenvalue weighted by Crippen LogP contribution is 2.23. The molecule has 19 heavy (non-hydrogen) atoms. The summed E-state index contributed by atoms with van der Waals surface area (Å²) in [4.78, 5) is 0. The van der Waals surface area contributed by atoms with Crippen LogP contribution < -0.4 is 11.3 Å². The fraction of sp³-hybridized carbons (Fsp3) is 0.200. The van der Waals surface area contributed by atoms with Crippen molar-refractivity contribution in [2.45, 2.75) is 19.4 Å². The van der Waals surface area contributed by atoms with E-state index >= 15 is 0 Å². The van der Waals surface area contributed by atoms with E-state index in [-0.39, 0.29) is 6.04 Å². The lowest BCUT2D eigenvalue weighted by Crippen LogP contribution is -2.29. The van der Waals surface area contributed by atoms with Crippen LogP contribution in [0.1, 0.15) is 22.7 Å². The van der Waals surface area contributed by atoms with Gasteiger partial charge in [0.25, 0.3) is 0 Å². The molecule has 100 valence electrons. The fourth-order valence-electron chi connectivity index (χ4n) is 2.01. The summed E-state index contributed by atoms with van der Waals surface area (Å²) >= 11 is 9.40. The van der Waals surface area contributed by atoms with E-state index in [0.717, 1.165) is 15.9 Å². The smallest absolute Gasteiger partial charge is 0.0500 e. The lowest BCUT2D eigenvalue weighted by Gasteiger charge is -2.17. The lowest BCUT2D eigenvalue weighted by molar-refractivity contribution is 0.551. The molecule has 2 aromatic carbocycles. The Kier molecular flexibility index (Phi) is 4.99. The van der Waals surface area contributed by atoms with E-state index in [2.05, 4.69) is 46.5 Å². The van der Waals surface area contributed by atoms with Gasteiger partial charge in [0.1, 0.15) is 0 Å². The van der Waals surface area contributed by atoms with Crippen molar-refractivity contribution in [3.63, 3.8) is 0 Å². The average Bonchev–Trinajstić information content (AvgIpc) is 2.41. The molecule has 0 saturated carbocycles. The van der Waals surface area contributed by atoms with Gasteiger partial charge in [-0.3, -0.25) is 11.3 Å². The number of aryl methyl sites for hydroxylation is 1. The van der Waals surface area contributed by atoms with Crippen molar-refractivity contribution < 1.29 is 0 Å². The summed E-state index contributed by atoms with van der Waals surface area (Å²) in [5.74, 6) is 5.68. The van der Waals surface area contributed by atoms with Gasteiger partial charge in [-0.1, -0.05) is 51.8 Å². The number of nitrogens with one attached hydrogen (secondary N) is 1. The Morgan fingerprint density at radius 2 is 1.89 bits per heavy atom. The Morgan fingerprint density at radius 1 is 1.21 bits per heavy atom. The van der Waals surface area contributed by atoms with Crippen molar-refractivity contribution in [1.82, 2.24) is 5.43 Å². The second-order valence-corrected chi connectivity index (χ2v) is 5.85. The molecule has 0 fully saturated rings. The molecule has 0 radical (unpaired) electrons. The standard InChI is InChI=1S/C15H16BrClN2/c1-10-8-12(4-7-14(10)16)15(19-18)9-11-2-5-13(17)6-3-11/h2-8,15,19H,9,18H2,1H3. The molecule has 0 saturated heterocycles. The number of nitrogens with two attached hydrogens (primary N) is 1. The third-order valence-corrected chi connectivity index (χ3v) is 4.28. The first-order valence-electron chi connectivity index (χ1n) is 6.07. The summed E-state index contributed by atoms with van der Waals surface area (Å²) in [6.45, 7) is 2.07. The van der Waals surface area contributed by atoms with Crippen LogP contribution in [0.25, 0.3) is 0 Å². The largest absolute Gasteiger partial charge is 0.271 e. The van der Waals surface area contributed by atoms with Crippen molar-refractivity contribution >= 4 is 27.5 Å². The molecule has 0 aromatic heterocycles. The van der Waals surface area contributed by atoms with Crippen LogP contribution in [-0.2, 0) is 6.42 Å². The normalized spacial score (nSPS) is 12.4. The van der Waals surface area contributed by atoms with Crippen molar-refractivity contribution in [3.05, 3.63) is 68.7 Å². The molecule has 4 heteroatoms. The first-order valence-corrected chi connectivity index (χ1v) is 7.24. The van der Waals surface area contributed by atoms with Gasteiger partial charge in [-0.05, 0) is 48.2 Å². The highest BCUT2D eigenvalue weighted by Gasteiger charge is 2.11. The van der Waals surface area contributed by atoms with Crippen molar-refractivity contribution in [2.24, 2.45) is 5.84 Å². The molecule has 0 aliphatic heterocycles. The van der Waals surface area contributed by atoms with E-state index in [0.29, 0.717) is 0 Å². The third-order valence-electron chi connectivity index (χ3n) is 3.14. The predicted molar refractivity (Wildman–Crippen MR) is 84.1 cm³/mol. The Labute approximate surface area is 127 Å². The van der Waals surface area contributed by atoms with Gasteiger partial charge in [0.2, 0.25) is 0 Å². The van der Waals surface area contributed by atoms with Gasteiger partial charge in [-0.2, -0.15) is 0 Å². The van der Waals surface area contributed by atoms with Gasteiger partial charge in [0, 0.05) is 15.5 Å². The predicted octanol–water partition coefficient (Wildman–Crippen LogP) is 4.16. The third kappa shape index (κ3) is 3.80. The Balaban J connectivity index is 2.19. The lowest BCUT2D eigenvalue weighted by atomic mass is 9.98. The highest BCUT2D eigenvalue weighted by molar-refractivity contribution is 9.10. The van der Waals surface area contributed by atoms with E-state index in [4.69, 9.17) is 17.4 Å². The van der Waals surface area contributed by atoms with E-state index < -0.39 is 0 Å². The van der Waals surface area contributed by atoms with Crippen LogP contribution >= 0.6 is 27.5 Å². The van der Waals surface area contributed by atoms with E-state index in [1.807, 2.05) is 24.3 Å². The summed E-state index contributed by atoms with van der Waals surface area (Å²) in [6.07, 6.45) is 0.828. The molecule has 0 aliphatic rings. The second-order valence-electron chi connectivity index (χ2n) is 4.56. The molecule has 0 aliphatic carbocycles. The summed E-state index contributed by atoms with van der Waals surface area (Å²) in [6, 6.07) is 14.2. The zero-order chi connectivity index (χ0) is 13.8. The van der Waals surface area contributed by atoms with Gasteiger partial charge in [-0.25, -0.2) is 0 Å². The maximum absolute atomic E-state index is 5.89. The molecule has 1 atom stereocenters. The minimum Gasteiger partial charge on any atom is -0.271 e. The quantitative estimate of drug-likeness (QED) is 0.648. The van der Waals surface area contributed by atoms with Crippen LogP contribution in [0.2, 0.25) is 5.02 Å². The van der Waals surface area contributed by atoms with Gasteiger partial charge < -0.3 is 0 Å².